The number of fused-ring (bicyclic) bond motifs is 1. The molecule has 104 valence electrons. The van der Waals surface area contributed by atoms with Gasteiger partial charge in [-0.3, -0.25) is 9.69 Å². The van der Waals surface area contributed by atoms with Crippen LogP contribution in [0, 0.1) is 0 Å². The Morgan fingerprint density at radius 1 is 1.26 bits per heavy atom. The Morgan fingerprint density at radius 2 is 2.00 bits per heavy atom. The van der Waals surface area contributed by atoms with Crippen molar-refractivity contribution in [2.45, 2.75) is 20.4 Å². The van der Waals surface area contributed by atoms with Gasteiger partial charge in [-0.15, -0.1) is 0 Å². The highest BCUT2D eigenvalue weighted by Crippen LogP contribution is 2.32. The van der Waals surface area contributed by atoms with Gasteiger partial charge in [0.25, 0.3) is 0 Å². The maximum Gasteiger partial charge on any atom is 0.234 e. The summed E-state index contributed by atoms with van der Waals surface area (Å²) in [6.45, 7) is 7.09. The highest BCUT2D eigenvalue weighted by molar-refractivity contribution is 5.78. The summed E-state index contributed by atoms with van der Waals surface area (Å²) in [6, 6.07) is 5.71. The molecule has 2 rings (SSSR count). The zero-order valence-corrected chi connectivity index (χ0v) is 11.4. The van der Waals surface area contributed by atoms with Crippen LogP contribution in [-0.2, 0) is 11.3 Å². The van der Waals surface area contributed by atoms with Gasteiger partial charge in [-0.25, -0.2) is 0 Å². The monoisotopic (exact) mass is 264 g/mol. The van der Waals surface area contributed by atoms with E-state index in [-0.39, 0.29) is 12.7 Å². The van der Waals surface area contributed by atoms with Gasteiger partial charge in [-0.2, -0.15) is 0 Å². The Kier molecular flexibility index (Phi) is 4.63. The molecule has 5 nitrogen and oxygen atoms in total. The number of carbonyl (C=O) groups is 1. The Bertz CT molecular complexity index is 444. The lowest BCUT2D eigenvalue weighted by Gasteiger charge is -2.17. The van der Waals surface area contributed by atoms with Crippen molar-refractivity contribution in [2.75, 3.05) is 26.4 Å². The Morgan fingerprint density at radius 3 is 2.74 bits per heavy atom. The van der Waals surface area contributed by atoms with Crippen LogP contribution >= 0.6 is 0 Å². The van der Waals surface area contributed by atoms with Crippen molar-refractivity contribution in [3.05, 3.63) is 23.8 Å². The van der Waals surface area contributed by atoms with E-state index in [1.54, 1.807) is 0 Å². The van der Waals surface area contributed by atoms with Crippen molar-refractivity contribution in [2.24, 2.45) is 0 Å². The first-order valence-corrected chi connectivity index (χ1v) is 6.60. The Hall–Kier alpha value is -1.75. The molecular weight excluding hydrogens is 244 g/mol. The highest BCUT2D eigenvalue weighted by atomic mass is 16.7. The molecule has 5 heteroatoms. The molecule has 1 amide bonds. The van der Waals surface area contributed by atoms with E-state index in [0.717, 1.165) is 30.2 Å². The van der Waals surface area contributed by atoms with Crippen LogP contribution in [0.5, 0.6) is 11.5 Å². The predicted octanol–water partition coefficient (Wildman–Crippen LogP) is 1.37. The molecule has 0 atom stereocenters. The molecule has 1 N–H and O–H groups in total. The van der Waals surface area contributed by atoms with E-state index >= 15 is 0 Å². The third-order valence-electron chi connectivity index (χ3n) is 3.19. The standard InChI is InChI=1S/C14H20N2O3/c1-3-16(4-2)9-14(17)15-8-11-5-6-12-13(7-11)19-10-18-12/h5-7H,3-4,8-10H2,1-2H3,(H,15,17). The van der Waals surface area contributed by atoms with Crippen LogP contribution in [0.1, 0.15) is 19.4 Å². The molecule has 1 aliphatic rings. The van der Waals surface area contributed by atoms with Crippen molar-refractivity contribution in [3.63, 3.8) is 0 Å². The highest BCUT2D eigenvalue weighted by Gasteiger charge is 2.13. The second kappa shape index (κ2) is 6.43. The molecule has 0 aliphatic carbocycles. The second-order valence-corrected chi connectivity index (χ2v) is 4.43. The number of nitrogens with zero attached hydrogens (tertiary/aromatic N) is 1. The molecule has 0 saturated carbocycles. The molecule has 0 saturated heterocycles. The summed E-state index contributed by atoms with van der Waals surface area (Å²) in [5.74, 6) is 1.55. The van der Waals surface area contributed by atoms with E-state index in [4.69, 9.17) is 9.47 Å². The van der Waals surface area contributed by atoms with E-state index in [2.05, 4.69) is 24.1 Å². The fourth-order valence-corrected chi connectivity index (χ4v) is 1.96. The Balaban J connectivity index is 1.83. The Labute approximate surface area is 113 Å². The minimum Gasteiger partial charge on any atom is -0.454 e. The second-order valence-electron chi connectivity index (χ2n) is 4.43. The fourth-order valence-electron chi connectivity index (χ4n) is 1.96. The minimum absolute atomic E-state index is 0.0429. The molecule has 0 spiro atoms. The number of ether oxygens (including phenoxy) is 2. The van der Waals surface area contributed by atoms with Gasteiger partial charge in [0.05, 0.1) is 6.54 Å². The van der Waals surface area contributed by atoms with Crippen LogP contribution in [0.15, 0.2) is 18.2 Å². The summed E-state index contributed by atoms with van der Waals surface area (Å²) in [4.78, 5) is 13.8. The van der Waals surface area contributed by atoms with Crippen molar-refractivity contribution in [1.82, 2.24) is 10.2 Å². The van der Waals surface area contributed by atoms with Gasteiger partial charge in [0.1, 0.15) is 0 Å². The summed E-state index contributed by atoms with van der Waals surface area (Å²) in [6.07, 6.45) is 0. The molecule has 0 radical (unpaired) electrons. The van der Waals surface area contributed by atoms with Gasteiger partial charge in [0.15, 0.2) is 11.5 Å². The van der Waals surface area contributed by atoms with Crippen LogP contribution in [0.3, 0.4) is 0 Å². The van der Waals surface area contributed by atoms with Crippen molar-refractivity contribution < 1.29 is 14.3 Å². The predicted molar refractivity (Wildman–Crippen MR) is 72.2 cm³/mol. The molecule has 1 aromatic rings. The summed E-state index contributed by atoms with van der Waals surface area (Å²) in [7, 11) is 0. The van der Waals surface area contributed by atoms with Gasteiger partial charge < -0.3 is 14.8 Å². The summed E-state index contributed by atoms with van der Waals surface area (Å²) >= 11 is 0. The van der Waals surface area contributed by atoms with Crippen LogP contribution < -0.4 is 14.8 Å². The molecule has 0 fully saturated rings. The quantitative estimate of drug-likeness (QED) is 0.843. The largest absolute Gasteiger partial charge is 0.454 e. The number of rotatable bonds is 6. The zero-order valence-electron chi connectivity index (χ0n) is 11.4. The lowest BCUT2D eigenvalue weighted by molar-refractivity contribution is -0.122. The SMILES string of the molecule is CCN(CC)CC(=O)NCc1ccc2c(c1)OCO2. The van der Waals surface area contributed by atoms with Gasteiger partial charge >= 0.3 is 0 Å². The van der Waals surface area contributed by atoms with Gasteiger partial charge in [0.2, 0.25) is 12.7 Å². The fraction of sp³-hybridized carbons (Fsp3) is 0.500. The van der Waals surface area contributed by atoms with Crippen LogP contribution in [0.25, 0.3) is 0 Å². The first kappa shape index (κ1) is 13.7. The van der Waals surface area contributed by atoms with Gasteiger partial charge in [0, 0.05) is 6.54 Å². The van der Waals surface area contributed by atoms with Crippen LogP contribution in [-0.4, -0.2) is 37.2 Å². The number of nitrogens with one attached hydrogen (secondary N) is 1. The van der Waals surface area contributed by atoms with Crippen molar-refractivity contribution >= 4 is 5.91 Å². The molecule has 0 unspecified atom stereocenters. The lowest BCUT2D eigenvalue weighted by Crippen LogP contribution is -2.36. The minimum atomic E-state index is 0.0429. The average Bonchev–Trinajstić information content (AvgIpc) is 2.89. The van der Waals surface area contributed by atoms with E-state index in [1.165, 1.54) is 0 Å². The topological polar surface area (TPSA) is 50.8 Å². The maximum atomic E-state index is 11.8. The number of amides is 1. The molecule has 1 aromatic carbocycles. The summed E-state index contributed by atoms with van der Waals surface area (Å²) in [5.41, 5.74) is 1.01. The van der Waals surface area contributed by atoms with Crippen LogP contribution in [0.2, 0.25) is 0 Å². The first-order chi connectivity index (χ1) is 9.22. The number of likely N-dealkylation sites (N-methyl/N-ethyl adjacent to an activating group) is 1. The molecule has 19 heavy (non-hydrogen) atoms. The zero-order chi connectivity index (χ0) is 13.7. The van der Waals surface area contributed by atoms with E-state index < -0.39 is 0 Å². The van der Waals surface area contributed by atoms with Crippen molar-refractivity contribution in [3.8, 4) is 11.5 Å². The van der Waals surface area contributed by atoms with E-state index in [9.17, 15) is 4.79 Å². The molecule has 0 aromatic heterocycles. The average molecular weight is 264 g/mol. The molecule has 0 bridgehead atoms. The number of hydrogen-bond donors (Lipinski definition) is 1. The first-order valence-electron chi connectivity index (χ1n) is 6.60. The van der Waals surface area contributed by atoms with E-state index in [0.29, 0.717) is 13.1 Å². The van der Waals surface area contributed by atoms with Gasteiger partial charge in [-0.1, -0.05) is 19.9 Å². The van der Waals surface area contributed by atoms with Gasteiger partial charge in [-0.05, 0) is 30.8 Å². The van der Waals surface area contributed by atoms with Crippen molar-refractivity contribution in [1.29, 1.82) is 0 Å². The number of hydrogen-bond acceptors (Lipinski definition) is 4. The third kappa shape index (κ3) is 3.61. The maximum absolute atomic E-state index is 11.8. The molecule has 1 heterocycles. The smallest absolute Gasteiger partial charge is 0.234 e. The third-order valence-corrected chi connectivity index (χ3v) is 3.19. The number of carbonyl (C=O) groups excluding carboxylic acids is 1. The summed E-state index contributed by atoms with van der Waals surface area (Å²) < 4.78 is 10.5. The summed E-state index contributed by atoms with van der Waals surface area (Å²) in [5, 5.41) is 2.91. The molecular formula is C14H20N2O3. The lowest BCUT2D eigenvalue weighted by atomic mass is 10.2. The number of benzene rings is 1. The normalized spacial score (nSPS) is 12.8. The van der Waals surface area contributed by atoms with E-state index in [1.807, 2.05) is 18.2 Å². The van der Waals surface area contributed by atoms with Crippen LogP contribution in [0.4, 0.5) is 0 Å². The molecule has 1 aliphatic heterocycles.